The number of carbonyl (C=O) groups is 1. The Labute approximate surface area is 144 Å². The lowest BCUT2D eigenvalue weighted by atomic mass is 10.2. The van der Waals surface area contributed by atoms with Gasteiger partial charge in [0.05, 0.1) is 11.1 Å². The fraction of sp³-hybridized carbons (Fsp3) is 0.250. The summed E-state index contributed by atoms with van der Waals surface area (Å²) in [7, 11) is -3.45. The van der Waals surface area contributed by atoms with Crippen molar-refractivity contribution < 1.29 is 13.2 Å². The molecule has 0 spiro atoms. The minimum Gasteiger partial charge on any atom is -0.267 e. The maximum atomic E-state index is 12.4. The first-order valence-corrected chi connectivity index (χ1v) is 9.86. The van der Waals surface area contributed by atoms with E-state index in [1.165, 1.54) is 39.9 Å². The topological polar surface area (TPSA) is 78.8 Å². The number of rotatable bonds is 5. The molecule has 0 saturated carbocycles. The van der Waals surface area contributed by atoms with Crippen molar-refractivity contribution >= 4 is 33.5 Å². The molecular formula is C16H17N3O3S2. The van der Waals surface area contributed by atoms with E-state index in [4.69, 9.17) is 0 Å². The third-order valence-corrected chi connectivity index (χ3v) is 6.44. The molecule has 0 bridgehead atoms. The molecule has 24 heavy (non-hydrogen) atoms. The zero-order valence-electron chi connectivity index (χ0n) is 12.9. The van der Waals surface area contributed by atoms with Crippen molar-refractivity contribution in [2.75, 3.05) is 13.1 Å². The number of nitrogens with one attached hydrogen (secondary N) is 1. The van der Waals surface area contributed by atoms with Gasteiger partial charge < -0.3 is 0 Å². The lowest BCUT2D eigenvalue weighted by molar-refractivity contribution is 0.0955. The Bertz CT molecular complexity index is 822. The zero-order chi connectivity index (χ0) is 17.0. The van der Waals surface area contributed by atoms with Gasteiger partial charge in [0.15, 0.2) is 0 Å². The Balaban J connectivity index is 1.66. The summed E-state index contributed by atoms with van der Waals surface area (Å²) in [6.45, 7) is 1.12. The first-order valence-electron chi connectivity index (χ1n) is 7.54. The van der Waals surface area contributed by atoms with E-state index in [-0.39, 0.29) is 10.8 Å². The number of carbonyl (C=O) groups excluding carboxylic acids is 1. The van der Waals surface area contributed by atoms with Gasteiger partial charge in [-0.15, -0.1) is 11.3 Å². The number of thiophene rings is 1. The van der Waals surface area contributed by atoms with Crippen LogP contribution in [-0.2, 0) is 10.0 Å². The number of hydrazone groups is 1. The lowest BCUT2D eigenvalue weighted by Crippen LogP contribution is -2.28. The van der Waals surface area contributed by atoms with E-state index < -0.39 is 10.0 Å². The van der Waals surface area contributed by atoms with Crippen molar-refractivity contribution in [2.24, 2.45) is 5.10 Å². The molecule has 1 fully saturated rings. The van der Waals surface area contributed by atoms with Gasteiger partial charge >= 0.3 is 0 Å². The summed E-state index contributed by atoms with van der Waals surface area (Å²) in [4.78, 5) is 13.2. The van der Waals surface area contributed by atoms with Crippen molar-refractivity contribution in [2.45, 2.75) is 17.7 Å². The van der Waals surface area contributed by atoms with Gasteiger partial charge in [-0.3, -0.25) is 4.79 Å². The smallest absolute Gasteiger partial charge is 0.267 e. The number of benzene rings is 1. The molecule has 2 heterocycles. The molecule has 1 aromatic carbocycles. The van der Waals surface area contributed by atoms with Crippen LogP contribution in [0.2, 0.25) is 0 Å². The van der Waals surface area contributed by atoms with E-state index >= 15 is 0 Å². The molecule has 0 aliphatic carbocycles. The molecule has 1 amide bonds. The molecule has 1 aromatic heterocycles. The quantitative estimate of drug-likeness (QED) is 0.654. The number of hydrogen-bond acceptors (Lipinski definition) is 5. The normalized spacial score (nSPS) is 15.8. The van der Waals surface area contributed by atoms with Crippen molar-refractivity contribution in [3.63, 3.8) is 0 Å². The van der Waals surface area contributed by atoms with Gasteiger partial charge in [0, 0.05) is 23.5 Å². The van der Waals surface area contributed by atoms with Crippen LogP contribution in [0.5, 0.6) is 0 Å². The van der Waals surface area contributed by atoms with Crippen LogP contribution < -0.4 is 5.43 Å². The summed E-state index contributed by atoms with van der Waals surface area (Å²) in [5.41, 5.74) is 2.79. The number of sulfonamides is 1. The Morgan fingerprint density at radius 3 is 2.50 bits per heavy atom. The minimum atomic E-state index is -3.45. The first-order chi connectivity index (χ1) is 11.6. The fourth-order valence-corrected chi connectivity index (χ4v) is 4.54. The summed E-state index contributed by atoms with van der Waals surface area (Å²) in [5.74, 6) is -0.382. The Morgan fingerprint density at radius 2 is 1.88 bits per heavy atom. The average molecular weight is 363 g/mol. The zero-order valence-corrected chi connectivity index (χ0v) is 14.5. The molecule has 2 aromatic rings. The van der Waals surface area contributed by atoms with Crippen LogP contribution in [0.15, 0.2) is 51.8 Å². The molecule has 0 radical (unpaired) electrons. The number of amides is 1. The molecule has 126 valence electrons. The monoisotopic (exact) mass is 363 g/mol. The molecule has 0 atom stereocenters. The highest BCUT2D eigenvalue weighted by molar-refractivity contribution is 7.89. The summed E-state index contributed by atoms with van der Waals surface area (Å²) >= 11 is 1.52. The van der Waals surface area contributed by atoms with Crippen LogP contribution in [0.25, 0.3) is 0 Å². The molecule has 8 heteroatoms. The SMILES string of the molecule is O=C(N/N=C\c1cccs1)c1ccc(S(=O)(=O)N2CCCC2)cc1. The van der Waals surface area contributed by atoms with Gasteiger partial charge in [0.25, 0.3) is 5.91 Å². The van der Waals surface area contributed by atoms with E-state index in [2.05, 4.69) is 10.5 Å². The summed E-state index contributed by atoms with van der Waals surface area (Å²) in [5, 5.41) is 5.80. The Hall–Kier alpha value is -2.03. The minimum absolute atomic E-state index is 0.211. The largest absolute Gasteiger partial charge is 0.271 e. The highest BCUT2D eigenvalue weighted by atomic mass is 32.2. The molecule has 1 N–H and O–H groups in total. The van der Waals surface area contributed by atoms with Gasteiger partial charge in [-0.25, -0.2) is 13.8 Å². The van der Waals surface area contributed by atoms with Crippen LogP contribution in [0, 0.1) is 0 Å². The molecule has 0 unspecified atom stereocenters. The molecule has 1 saturated heterocycles. The second-order valence-electron chi connectivity index (χ2n) is 5.35. The van der Waals surface area contributed by atoms with Crippen molar-refractivity contribution in [1.82, 2.24) is 9.73 Å². The highest BCUT2D eigenvalue weighted by Gasteiger charge is 2.27. The van der Waals surface area contributed by atoms with Gasteiger partial charge in [-0.2, -0.15) is 9.41 Å². The van der Waals surface area contributed by atoms with Crippen molar-refractivity contribution in [3.8, 4) is 0 Å². The first kappa shape index (κ1) is 16.8. The number of nitrogens with zero attached hydrogens (tertiary/aromatic N) is 2. The maximum absolute atomic E-state index is 12.4. The predicted octanol–water partition coefficient (Wildman–Crippen LogP) is 2.30. The molecular weight excluding hydrogens is 346 g/mol. The van der Waals surface area contributed by atoms with Gasteiger partial charge in [-0.1, -0.05) is 6.07 Å². The van der Waals surface area contributed by atoms with Crippen molar-refractivity contribution in [3.05, 3.63) is 52.2 Å². The molecule has 1 aliphatic rings. The Morgan fingerprint density at radius 1 is 1.17 bits per heavy atom. The van der Waals surface area contributed by atoms with Gasteiger partial charge in [0.2, 0.25) is 10.0 Å². The third kappa shape index (κ3) is 3.72. The van der Waals surface area contributed by atoms with E-state index in [1.54, 1.807) is 6.21 Å². The second-order valence-corrected chi connectivity index (χ2v) is 8.27. The molecule has 6 nitrogen and oxygen atoms in total. The highest BCUT2D eigenvalue weighted by Crippen LogP contribution is 2.21. The van der Waals surface area contributed by atoms with Crippen LogP contribution in [0.1, 0.15) is 28.1 Å². The van der Waals surface area contributed by atoms with E-state index in [0.29, 0.717) is 18.7 Å². The molecule has 1 aliphatic heterocycles. The molecule has 3 rings (SSSR count). The summed E-state index contributed by atoms with van der Waals surface area (Å²) < 4.78 is 26.3. The van der Waals surface area contributed by atoms with Crippen LogP contribution in [0.4, 0.5) is 0 Å². The number of hydrogen-bond donors (Lipinski definition) is 1. The van der Waals surface area contributed by atoms with Crippen LogP contribution in [0.3, 0.4) is 0 Å². The lowest BCUT2D eigenvalue weighted by Gasteiger charge is -2.15. The average Bonchev–Trinajstić information content (AvgIpc) is 3.29. The van der Waals surface area contributed by atoms with Crippen LogP contribution in [-0.4, -0.2) is 37.9 Å². The Kier molecular flexibility index (Phi) is 5.08. The fourth-order valence-electron chi connectivity index (χ4n) is 2.44. The standard InChI is InChI=1S/C16H17N3O3S2/c20-16(18-17-12-14-4-3-11-23-14)13-5-7-15(8-6-13)24(21,22)19-9-1-2-10-19/h3-8,11-12H,1-2,9-10H2,(H,18,20)/b17-12-. The van der Waals surface area contributed by atoms with Crippen molar-refractivity contribution in [1.29, 1.82) is 0 Å². The van der Waals surface area contributed by atoms with E-state index in [9.17, 15) is 13.2 Å². The predicted molar refractivity (Wildman–Crippen MR) is 93.8 cm³/mol. The summed E-state index contributed by atoms with van der Waals surface area (Å²) in [6.07, 6.45) is 3.35. The second kappa shape index (κ2) is 7.25. The van der Waals surface area contributed by atoms with Gasteiger partial charge in [-0.05, 0) is 48.6 Å². The van der Waals surface area contributed by atoms with E-state index in [0.717, 1.165) is 17.7 Å². The van der Waals surface area contributed by atoms with Gasteiger partial charge in [0.1, 0.15) is 0 Å². The van der Waals surface area contributed by atoms with Crippen LogP contribution >= 0.6 is 11.3 Å². The third-order valence-electron chi connectivity index (χ3n) is 3.72. The maximum Gasteiger partial charge on any atom is 0.271 e. The summed E-state index contributed by atoms with van der Waals surface area (Å²) in [6, 6.07) is 9.71. The van der Waals surface area contributed by atoms with E-state index in [1.807, 2.05) is 17.5 Å².